The van der Waals surface area contributed by atoms with Gasteiger partial charge in [0.1, 0.15) is 5.60 Å². The predicted octanol–water partition coefficient (Wildman–Crippen LogP) is 2.27. The lowest BCUT2D eigenvalue weighted by Crippen LogP contribution is -2.24. The fourth-order valence-corrected chi connectivity index (χ4v) is 1.35. The van der Waals surface area contributed by atoms with Gasteiger partial charge < -0.3 is 15.8 Å². The van der Waals surface area contributed by atoms with Crippen molar-refractivity contribution in [2.45, 2.75) is 26.4 Å². The van der Waals surface area contributed by atoms with Crippen LogP contribution in [-0.2, 0) is 4.74 Å². The van der Waals surface area contributed by atoms with Gasteiger partial charge in [0, 0.05) is 7.05 Å². The quantitative estimate of drug-likeness (QED) is 0.595. The molecule has 0 saturated heterocycles. The second kappa shape index (κ2) is 4.43. The van der Waals surface area contributed by atoms with Gasteiger partial charge in [-0.3, -0.25) is 0 Å². The van der Waals surface area contributed by atoms with Gasteiger partial charge in [-0.15, -0.1) is 0 Å². The number of esters is 1. The minimum atomic E-state index is -0.507. The number of carbonyl (C=O) groups excluding carboxylic acids is 1. The Morgan fingerprint density at radius 1 is 1.38 bits per heavy atom. The summed E-state index contributed by atoms with van der Waals surface area (Å²) in [6.07, 6.45) is 0. The van der Waals surface area contributed by atoms with Crippen molar-refractivity contribution < 1.29 is 9.53 Å². The molecule has 1 aromatic rings. The lowest BCUT2D eigenvalue weighted by atomic mass is 10.1. The Labute approximate surface area is 95.8 Å². The number of benzene rings is 1. The van der Waals surface area contributed by atoms with Crippen molar-refractivity contribution in [1.29, 1.82) is 0 Å². The van der Waals surface area contributed by atoms with Gasteiger partial charge in [-0.2, -0.15) is 0 Å². The highest BCUT2D eigenvalue weighted by Crippen LogP contribution is 2.24. The molecule has 0 fully saturated rings. The Kier molecular flexibility index (Phi) is 3.42. The summed E-state index contributed by atoms with van der Waals surface area (Å²) in [7, 11) is 1.72. The van der Waals surface area contributed by atoms with Gasteiger partial charge >= 0.3 is 5.97 Å². The van der Waals surface area contributed by atoms with Gasteiger partial charge in [0.2, 0.25) is 0 Å². The summed E-state index contributed by atoms with van der Waals surface area (Å²) >= 11 is 0. The molecule has 0 unspecified atom stereocenters. The normalized spacial score (nSPS) is 11.0. The second-order valence-corrected chi connectivity index (χ2v) is 4.52. The molecule has 1 rings (SSSR count). The summed E-state index contributed by atoms with van der Waals surface area (Å²) in [5.74, 6) is -0.371. The fourth-order valence-electron chi connectivity index (χ4n) is 1.35. The monoisotopic (exact) mass is 222 g/mol. The fraction of sp³-hybridized carbons (Fsp3) is 0.417. The molecule has 3 N–H and O–H groups in total. The van der Waals surface area contributed by atoms with Crippen LogP contribution < -0.4 is 11.1 Å². The predicted molar refractivity (Wildman–Crippen MR) is 65.6 cm³/mol. The van der Waals surface area contributed by atoms with E-state index in [0.29, 0.717) is 16.9 Å². The Morgan fingerprint density at radius 2 is 2.00 bits per heavy atom. The molecule has 0 aliphatic heterocycles. The van der Waals surface area contributed by atoms with E-state index in [9.17, 15) is 4.79 Å². The van der Waals surface area contributed by atoms with E-state index in [0.717, 1.165) is 0 Å². The van der Waals surface area contributed by atoms with Crippen LogP contribution in [-0.4, -0.2) is 18.6 Å². The third-order valence-electron chi connectivity index (χ3n) is 1.97. The topological polar surface area (TPSA) is 64.3 Å². The first-order valence-corrected chi connectivity index (χ1v) is 5.15. The van der Waals surface area contributed by atoms with E-state index in [1.54, 1.807) is 25.2 Å². The Balaban J connectivity index is 3.04. The molecule has 0 aromatic heterocycles. The molecule has 0 amide bonds. The zero-order valence-corrected chi connectivity index (χ0v) is 10.1. The minimum Gasteiger partial charge on any atom is -0.456 e. The zero-order valence-electron chi connectivity index (χ0n) is 10.1. The van der Waals surface area contributed by atoms with Crippen LogP contribution in [0.1, 0.15) is 31.1 Å². The number of ether oxygens (including phenoxy) is 1. The minimum absolute atomic E-state index is 0.371. The molecular weight excluding hydrogens is 204 g/mol. The number of hydrogen-bond donors (Lipinski definition) is 2. The highest BCUT2D eigenvalue weighted by molar-refractivity contribution is 5.98. The zero-order chi connectivity index (χ0) is 12.3. The number of hydrogen-bond acceptors (Lipinski definition) is 4. The summed E-state index contributed by atoms with van der Waals surface area (Å²) in [6, 6.07) is 5.16. The molecule has 0 radical (unpaired) electrons. The smallest absolute Gasteiger partial charge is 0.340 e. The second-order valence-electron chi connectivity index (χ2n) is 4.52. The van der Waals surface area contributed by atoms with Crippen LogP contribution >= 0.6 is 0 Å². The summed E-state index contributed by atoms with van der Waals surface area (Å²) < 4.78 is 5.29. The first-order chi connectivity index (χ1) is 7.35. The average molecular weight is 222 g/mol. The Hall–Kier alpha value is -1.71. The lowest BCUT2D eigenvalue weighted by Gasteiger charge is -2.20. The average Bonchev–Trinajstić information content (AvgIpc) is 2.14. The highest BCUT2D eigenvalue weighted by Gasteiger charge is 2.20. The number of nitrogens with two attached hydrogens (primary N) is 1. The number of nitrogen functional groups attached to an aromatic ring is 1. The summed E-state index contributed by atoms with van der Waals surface area (Å²) in [5.41, 5.74) is 6.85. The Bertz CT molecular complexity index is 394. The van der Waals surface area contributed by atoms with Crippen molar-refractivity contribution in [2.75, 3.05) is 18.1 Å². The standard InChI is InChI=1S/C12H18N2O2/c1-12(2,3)16-11(15)8-6-5-7-9(13)10(8)14-4/h5-7,14H,13H2,1-4H3. The summed E-state index contributed by atoms with van der Waals surface area (Å²) in [4.78, 5) is 11.9. The number of rotatable bonds is 2. The van der Waals surface area contributed by atoms with Gasteiger partial charge in [0.05, 0.1) is 16.9 Å². The van der Waals surface area contributed by atoms with Crippen LogP contribution in [0.15, 0.2) is 18.2 Å². The number of nitrogens with one attached hydrogen (secondary N) is 1. The summed E-state index contributed by atoms with van der Waals surface area (Å²) in [5, 5.41) is 2.90. The van der Waals surface area contributed by atoms with E-state index < -0.39 is 5.60 Å². The molecule has 0 saturated carbocycles. The molecule has 0 bridgehead atoms. The maximum Gasteiger partial charge on any atom is 0.340 e. The van der Waals surface area contributed by atoms with Gasteiger partial charge in [-0.25, -0.2) is 4.79 Å². The van der Waals surface area contributed by atoms with Crippen LogP contribution in [0.25, 0.3) is 0 Å². The number of anilines is 2. The maximum absolute atomic E-state index is 11.9. The van der Waals surface area contributed by atoms with E-state index in [1.165, 1.54) is 0 Å². The molecule has 0 aliphatic rings. The van der Waals surface area contributed by atoms with E-state index >= 15 is 0 Å². The van der Waals surface area contributed by atoms with E-state index in [1.807, 2.05) is 20.8 Å². The van der Waals surface area contributed by atoms with Crippen molar-refractivity contribution >= 4 is 17.3 Å². The van der Waals surface area contributed by atoms with E-state index in [2.05, 4.69) is 5.32 Å². The molecular formula is C12H18N2O2. The maximum atomic E-state index is 11.9. The molecule has 0 heterocycles. The third kappa shape index (κ3) is 2.89. The van der Waals surface area contributed by atoms with Crippen molar-refractivity contribution in [3.8, 4) is 0 Å². The SMILES string of the molecule is CNc1c(N)cccc1C(=O)OC(C)(C)C. The van der Waals surface area contributed by atoms with Crippen LogP contribution in [0.3, 0.4) is 0 Å². The molecule has 0 spiro atoms. The molecule has 16 heavy (non-hydrogen) atoms. The largest absolute Gasteiger partial charge is 0.456 e. The van der Waals surface area contributed by atoms with Crippen molar-refractivity contribution in [1.82, 2.24) is 0 Å². The van der Waals surface area contributed by atoms with Gasteiger partial charge in [0.15, 0.2) is 0 Å². The molecule has 88 valence electrons. The number of para-hydroxylation sites is 1. The molecule has 1 aromatic carbocycles. The Morgan fingerprint density at radius 3 is 2.50 bits per heavy atom. The van der Waals surface area contributed by atoms with Crippen LogP contribution in [0.5, 0.6) is 0 Å². The third-order valence-corrected chi connectivity index (χ3v) is 1.97. The van der Waals surface area contributed by atoms with Gasteiger partial charge in [-0.1, -0.05) is 6.07 Å². The van der Waals surface area contributed by atoms with Crippen molar-refractivity contribution in [3.05, 3.63) is 23.8 Å². The molecule has 0 atom stereocenters. The van der Waals surface area contributed by atoms with Crippen LogP contribution in [0.4, 0.5) is 11.4 Å². The molecule has 4 nitrogen and oxygen atoms in total. The van der Waals surface area contributed by atoms with Gasteiger partial charge in [-0.05, 0) is 32.9 Å². The van der Waals surface area contributed by atoms with Crippen molar-refractivity contribution in [2.24, 2.45) is 0 Å². The highest BCUT2D eigenvalue weighted by atomic mass is 16.6. The first kappa shape index (κ1) is 12.4. The van der Waals surface area contributed by atoms with Crippen LogP contribution in [0.2, 0.25) is 0 Å². The lowest BCUT2D eigenvalue weighted by molar-refractivity contribution is 0.00707. The van der Waals surface area contributed by atoms with Gasteiger partial charge in [0.25, 0.3) is 0 Å². The number of carbonyl (C=O) groups is 1. The molecule has 0 aliphatic carbocycles. The first-order valence-electron chi connectivity index (χ1n) is 5.15. The van der Waals surface area contributed by atoms with E-state index in [4.69, 9.17) is 10.5 Å². The van der Waals surface area contributed by atoms with Crippen molar-refractivity contribution in [3.63, 3.8) is 0 Å². The molecule has 4 heteroatoms. The summed E-state index contributed by atoms with van der Waals surface area (Å²) in [6.45, 7) is 5.49. The van der Waals surface area contributed by atoms with E-state index in [-0.39, 0.29) is 5.97 Å². The van der Waals surface area contributed by atoms with Crippen LogP contribution in [0, 0.1) is 0 Å².